The highest BCUT2D eigenvalue weighted by molar-refractivity contribution is 5.75. The van der Waals surface area contributed by atoms with Crippen LogP contribution >= 0.6 is 0 Å². The van der Waals surface area contributed by atoms with Gasteiger partial charge in [0, 0.05) is 18.4 Å². The van der Waals surface area contributed by atoms with Gasteiger partial charge in [-0.2, -0.15) is 0 Å². The molecule has 0 bridgehead atoms. The summed E-state index contributed by atoms with van der Waals surface area (Å²) < 4.78 is 0. The highest BCUT2D eigenvalue weighted by atomic mass is 16.1. The van der Waals surface area contributed by atoms with Crippen molar-refractivity contribution >= 4 is 5.91 Å². The molecule has 0 atom stereocenters. The largest absolute Gasteiger partial charge is 0.369 e. The second-order valence-corrected chi connectivity index (χ2v) is 4.52. The Morgan fingerprint density at radius 3 is 2.67 bits per heavy atom. The summed E-state index contributed by atoms with van der Waals surface area (Å²) in [7, 11) is 0. The van der Waals surface area contributed by atoms with E-state index >= 15 is 0 Å². The minimum Gasteiger partial charge on any atom is -0.369 e. The predicted octanol–water partition coefficient (Wildman–Crippen LogP) is -0.484. The highest BCUT2D eigenvalue weighted by Crippen LogP contribution is 2.13. The van der Waals surface area contributed by atoms with Crippen LogP contribution < -0.4 is 11.1 Å². The topological polar surface area (TPSA) is 84.1 Å². The van der Waals surface area contributed by atoms with Crippen LogP contribution in [0.25, 0.3) is 0 Å². The molecular formula is C12H19N5O. The average Bonchev–Trinajstić information content (AvgIpc) is 2.40. The minimum absolute atomic E-state index is 0.267. The van der Waals surface area contributed by atoms with E-state index in [1.54, 1.807) is 18.5 Å². The number of hydrogen-bond acceptors (Lipinski definition) is 5. The zero-order valence-electron chi connectivity index (χ0n) is 10.4. The van der Waals surface area contributed by atoms with E-state index in [0.29, 0.717) is 12.6 Å². The van der Waals surface area contributed by atoms with Crippen molar-refractivity contribution in [1.29, 1.82) is 0 Å². The van der Waals surface area contributed by atoms with Crippen LogP contribution in [0.4, 0.5) is 0 Å². The highest BCUT2D eigenvalue weighted by Gasteiger charge is 2.22. The first-order valence-corrected chi connectivity index (χ1v) is 6.24. The van der Waals surface area contributed by atoms with E-state index in [4.69, 9.17) is 5.73 Å². The molecule has 98 valence electrons. The molecule has 0 radical (unpaired) electrons. The lowest BCUT2D eigenvalue weighted by Gasteiger charge is -2.33. The van der Waals surface area contributed by atoms with Gasteiger partial charge in [0.1, 0.15) is 5.82 Å². The van der Waals surface area contributed by atoms with Crippen molar-refractivity contribution in [3.63, 3.8) is 0 Å². The van der Waals surface area contributed by atoms with Crippen molar-refractivity contribution in [2.45, 2.75) is 25.4 Å². The Morgan fingerprint density at radius 2 is 2.06 bits per heavy atom. The van der Waals surface area contributed by atoms with Gasteiger partial charge in [-0.3, -0.25) is 9.69 Å². The quantitative estimate of drug-likeness (QED) is 0.736. The summed E-state index contributed by atoms with van der Waals surface area (Å²) in [5.41, 5.74) is 5.32. The smallest absolute Gasteiger partial charge is 0.231 e. The molecule has 1 aromatic rings. The number of piperidine rings is 1. The molecular weight excluding hydrogens is 230 g/mol. The number of carbonyl (C=O) groups is 1. The summed E-state index contributed by atoms with van der Waals surface area (Å²) in [6.45, 7) is 2.81. The number of primary amides is 1. The molecule has 1 fully saturated rings. The standard InChI is InChI=1S/C12H19N5O/c13-11(18)8-17(10-2-6-14-7-3-10)9-12-15-4-1-5-16-12/h1,4-5,10,14H,2-3,6-9H2,(H2,13,18). The number of nitrogens with one attached hydrogen (secondary N) is 1. The van der Waals surface area contributed by atoms with E-state index in [1.165, 1.54) is 0 Å². The number of amides is 1. The van der Waals surface area contributed by atoms with Gasteiger partial charge < -0.3 is 11.1 Å². The van der Waals surface area contributed by atoms with Gasteiger partial charge in [0.05, 0.1) is 13.1 Å². The fourth-order valence-corrected chi connectivity index (χ4v) is 2.28. The van der Waals surface area contributed by atoms with Crippen molar-refractivity contribution < 1.29 is 4.79 Å². The lowest BCUT2D eigenvalue weighted by molar-refractivity contribution is -0.120. The molecule has 2 heterocycles. The molecule has 0 aromatic carbocycles. The third-order valence-electron chi connectivity index (χ3n) is 3.15. The van der Waals surface area contributed by atoms with E-state index in [0.717, 1.165) is 31.8 Å². The Kier molecular flexibility index (Phi) is 4.60. The van der Waals surface area contributed by atoms with Crippen molar-refractivity contribution in [2.24, 2.45) is 5.73 Å². The fraction of sp³-hybridized carbons (Fsp3) is 0.583. The lowest BCUT2D eigenvalue weighted by Crippen LogP contribution is -2.46. The number of hydrogen-bond donors (Lipinski definition) is 2. The van der Waals surface area contributed by atoms with Gasteiger partial charge in [0.15, 0.2) is 0 Å². The van der Waals surface area contributed by atoms with E-state index in [2.05, 4.69) is 20.2 Å². The van der Waals surface area contributed by atoms with Crippen LogP contribution in [0.15, 0.2) is 18.5 Å². The van der Waals surface area contributed by atoms with Gasteiger partial charge in [-0.1, -0.05) is 0 Å². The molecule has 6 nitrogen and oxygen atoms in total. The normalized spacial score (nSPS) is 16.9. The Labute approximate surface area is 107 Å². The van der Waals surface area contributed by atoms with Crippen LogP contribution in [0, 0.1) is 0 Å². The van der Waals surface area contributed by atoms with Gasteiger partial charge >= 0.3 is 0 Å². The molecule has 0 aliphatic carbocycles. The van der Waals surface area contributed by atoms with Crippen LogP contribution in [0.2, 0.25) is 0 Å². The third kappa shape index (κ3) is 3.75. The number of aromatic nitrogens is 2. The molecule has 2 rings (SSSR count). The summed E-state index contributed by atoms with van der Waals surface area (Å²) >= 11 is 0. The average molecular weight is 249 g/mol. The van der Waals surface area contributed by atoms with Crippen molar-refractivity contribution in [3.05, 3.63) is 24.3 Å². The van der Waals surface area contributed by atoms with E-state index in [9.17, 15) is 4.79 Å². The van der Waals surface area contributed by atoms with Crippen molar-refractivity contribution in [3.8, 4) is 0 Å². The van der Waals surface area contributed by atoms with Gasteiger partial charge in [-0.05, 0) is 32.0 Å². The maximum atomic E-state index is 11.2. The Bertz CT molecular complexity index is 377. The first kappa shape index (κ1) is 12.9. The van der Waals surface area contributed by atoms with Gasteiger partial charge in [-0.25, -0.2) is 9.97 Å². The first-order valence-electron chi connectivity index (χ1n) is 6.24. The van der Waals surface area contributed by atoms with Crippen LogP contribution in [0.5, 0.6) is 0 Å². The molecule has 1 aliphatic heterocycles. The number of carbonyl (C=O) groups excluding carboxylic acids is 1. The predicted molar refractivity (Wildman–Crippen MR) is 67.5 cm³/mol. The summed E-state index contributed by atoms with van der Waals surface area (Å²) in [4.78, 5) is 21.6. The zero-order chi connectivity index (χ0) is 12.8. The SMILES string of the molecule is NC(=O)CN(Cc1ncccn1)C1CCNCC1. The second kappa shape index (κ2) is 6.42. The number of nitrogens with zero attached hydrogens (tertiary/aromatic N) is 3. The zero-order valence-corrected chi connectivity index (χ0v) is 10.4. The molecule has 3 N–H and O–H groups in total. The molecule has 0 unspecified atom stereocenters. The second-order valence-electron chi connectivity index (χ2n) is 4.52. The summed E-state index contributed by atoms with van der Waals surface area (Å²) in [6.07, 6.45) is 5.49. The third-order valence-corrected chi connectivity index (χ3v) is 3.15. The molecule has 1 aromatic heterocycles. The molecule has 0 spiro atoms. The minimum atomic E-state index is -0.301. The van der Waals surface area contributed by atoms with Gasteiger partial charge in [0.2, 0.25) is 5.91 Å². The molecule has 0 saturated carbocycles. The lowest BCUT2D eigenvalue weighted by atomic mass is 10.0. The Morgan fingerprint density at radius 1 is 1.39 bits per heavy atom. The Balaban J connectivity index is 2.02. The first-order chi connectivity index (χ1) is 8.75. The van der Waals surface area contributed by atoms with Crippen LogP contribution in [-0.4, -0.2) is 46.5 Å². The number of nitrogens with two attached hydrogens (primary N) is 1. The molecule has 1 saturated heterocycles. The van der Waals surface area contributed by atoms with E-state index < -0.39 is 0 Å². The van der Waals surface area contributed by atoms with Crippen LogP contribution in [-0.2, 0) is 11.3 Å². The molecule has 1 amide bonds. The maximum Gasteiger partial charge on any atom is 0.231 e. The molecule has 1 aliphatic rings. The van der Waals surface area contributed by atoms with Gasteiger partial charge in [-0.15, -0.1) is 0 Å². The van der Waals surface area contributed by atoms with E-state index in [-0.39, 0.29) is 12.5 Å². The molecule has 6 heteroatoms. The van der Waals surface area contributed by atoms with E-state index in [1.807, 2.05) is 0 Å². The van der Waals surface area contributed by atoms with Crippen LogP contribution in [0.3, 0.4) is 0 Å². The summed E-state index contributed by atoms with van der Waals surface area (Å²) in [5.74, 6) is 0.432. The summed E-state index contributed by atoms with van der Waals surface area (Å²) in [5, 5.41) is 3.31. The van der Waals surface area contributed by atoms with Crippen molar-refractivity contribution in [2.75, 3.05) is 19.6 Å². The van der Waals surface area contributed by atoms with Gasteiger partial charge in [0.25, 0.3) is 0 Å². The Hall–Kier alpha value is -1.53. The fourth-order valence-electron chi connectivity index (χ4n) is 2.28. The summed E-state index contributed by atoms with van der Waals surface area (Å²) in [6, 6.07) is 2.16. The van der Waals surface area contributed by atoms with Crippen molar-refractivity contribution in [1.82, 2.24) is 20.2 Å². The van der Waals surface area contributed by atoms with Crippen LogP contribution in [0.1, 0.15) is 18.7 Å². The number of rotatable bonds is 5. The maximum absolute atomic E-state index is 11.2. The monoisotopic (exact) mass is 249 g/mol. The molecule has 18 heavy (non-hydrogen) atoms.